The molecular weight excluding hydrogens is 264 g/mol. The fourth-order valence-corrected chi connectivity index (χ4v) is 3.35. The van der Waals surface area contributed by atoms with Crippen molar-refractivity contribution < 1.29 is 13.5 Å². The third-order valence-electron chi connectivity index (χ3n) is 3.42. The zero-order valence-electron chi connectivity index (χ0n) is 12.5. The summed E-state index contributed by atoms with van der Waals surface area (Å²) in [6.07, 6.45) is 3.39. The molecule has 0 amide bonds. The van der Waals surface area contributed by atoms with Crippen LogP contribution in [0.5, 0.6) is 0 Å². The SMILES string of the molecule is CC(C)(C)NCC(O)CC1CCCN(S(C)(=O)=O)C1. The molecule has 19 heavy (non-hydrogen) atoms. The van der Waals surface area contributed by atoms with Gasteiger partial charge in [0.05, 0.1) is 12.4 Å². The Labute approximate surface area is 117 Å². The number of nitrogens with zero attached hydrogens (tertiary/aromatic N) is 1. The lowest BCUT2D eigenvalue weighted by Gasteiger charge is -2.32. The maximum Gasteiger partial charge on any atom is 0.211 e. The summed E-state index contributed by atoms with van der Waals surface area (Å²) < 4.78 is 24.6. The van der Waals surface area contributed by atoms with Crippen molar-refractivity contribution in [3.8, 4) is 0 Å². The molecule has 2 atom stereocenters. The summed E-state index contributed by atoms with van der Waals surface area (Å²) in [5, 5.41) is 13.3. The molecule has 1 aliphatic rings. The van der Waals surface area contributed by atoms with Crippen molar-refractivity contribution in [2.45, 2.75) is 51.7 Å². The van der Waals surface area contributed by atoms with Crippen molar-refractivity contribution >= 4 is 10.0 Å². The first kappa shape index (κ1) is 16.9. The van der Waals surface area contributed by atoms with Gasteiger partial charge in [0.25, 0.3) is 0 Å². The molecule has 114 valence electrons. The fourth-order valence-electron chi connectivity index (χ4n) is 2.41. The first-order valence-electron chi connectivity index (χ1n) is 6.96. The molecule has 0 radical (unpaired) electrons. The largest absolute Gasteiger partial charge is 0.392 e. The molecule has 6 heteroatoms. The highest BCUT2D eigenvalue weighted by Crippen LogP contribution is 2.22. The Morgan fingerprint density at radius 2 is 2.05 bits per heavy atom. The van der Waals surface area contributed by atoms with E-state index in [4.69, 9.17) is 0 Å². The van der Waals surface area contributed by atoms with E-state index >= 15 is 0 Å². The van der Waals surface area contributed by atoms with Gasteiger partial charge in [-0.3, -0.25) is 0 Å². The van der Waals surface area contributed by atoms with Gasteiger partial charge in [-0.1, -0.05) is 0 Å². The zero-order valence-corrected chi connectivity index (χ0v) is 13.3. The molecule has 0 saturated carbocycles. The summed E-state index contributed by atoms with van der Waals surface area (Å²) in [5.41, 5.74) is -0.00760. The summed E-state index contributed by atoms with van der Waals surface area (Å²) in [6.45, 7) is 7.90. The molecule has 2 unspecified atom stereocenters. The van der Waals surface area contributed by atoms with E-state index in [2.05, 4.69) is 26.1 Å². The summed E-state index contributed by atoms with van der Waals surface area (Å²) in [6, 6.07) is 0. The molecule has 2 N–H and O–H groups in total. The molecule has 1 heterocycles. The highest BCUT2D eigenvalue weighted by atomic mass is 32.2. The Morgan fingerprint density at radius 3 is 2.58 bits per heavy atom. The van der Waals surface area contributed by atoms with Crippen molar-refractivity contribution in [1.82, 2.24) is 9.62 Å². The molecule has 0 aromatic rings. The number of piperidine rings is 1. The number of hydrogen-bond donors (Lipinski definition) is 2. The standard InChI is InChI=1S/C13H28N2O3S/c1-13(2,3)14-9-12(16)8-11-6-5-7-15(10-11)19(4,17)18/h11-12,14,16H,5-10H2,1-4H3. The molecule has 1 fully saturated rings. The Kier molecular flexibility index (Phi) is 5.79. The van der Waals surface area contributed by atoms with E-state index in [1.807, 2.05) is 0 Å². The van der Waals surface area contributed by atoms with Crippen molar-refractivity contribution in [2.24, 2.45) is 5.92 Å². The van der Waals surface area contributed by atoms with E-state index in [-0.39, 0.29) is 11.5 Å². The Balaban J connectivity index is 2.40. The van der Waals surface area contributed by atoms with Gasteiger partial charge in [-0.05, 0) is 46.0 Å². The van der Waals surface area contributed by atoms with E-state index in [0.29, 0.717) is 26.1 Å². The van der Waals surface area contributed by atoms with Crippen LogP contribution in [0.2, 0.25) is 0 Å². The van der Waals surface area contributed by atoms with Crippen LogP contribution < -0.4 is 5.32 Å². The summed E-state index contributed by atoms with van der Waals surface area (Å²) in [7, 11) is -3.09. The van der Waals surface area contributed by atoms with Crippen LogP contribution in [-0.4, -0.2) is 55.4 Å². The summed E-state index contributed by atoms with van der Waals surface area (Å²) in [5.74, 6) is 0.264. The lowest BCUT2D eigenvalue weighted by Crippen LogP contribution is -2.43. The van der Waals surface area contributed by atoms with Crippen molar-refractivity contribution in [3.63, 3.8) is 0 Å². The first-order valence-corrected chi connectivity index (χ1v) is 8.81. The van der Waals surface area contributed by atoms with Crippen LogP contribution in [0.3, 0.4) is 0 Å². The van der Waals surface area contributed by atoms with Gasteiger partial charge in [0, 0.05) is 25.2 Å². The highest BCUT2D eigenvalue weighted by Gasteiger charge is 2.27. The molecule has 1 aliphatic heterocycles. The number of aliphatic hydroxyl groups is 1. The monoisotopic (exact) mass is 292 g/mol. The van der Waals surface area contributed by atoms with Crippen LogP contribution in [0.15, 0.2) is 0 Å². The second-order valence-corrected chi connectivity index (χ2v) is 8.63. The molecule has 0 bridgehead atoms. The van der Waals surface area contributed by atoms with Crippen LogP contribution in [-0.2, 0) is 10.0 Å². The van der Waals surface area contributed by atoms with Gasteiger partial charge in [-0.15, -0.1) is 0 Å². The number of hydrogen-bond acceptors (Lipinski definition) is 4. The van der Waals surface area contributed by atoms with Crippen LogP contribution in [0.1, 0.15) is 40.0 Å². The number of rotatable bonds is 5. The maximum absolute atomic E-state index is 11.5. The lowest BCUT2D eigenvalue weighted by molar-refractivity contribution is 0.114. The van der Waals surface area contributed by atoms with Crippen LogP contribution in [0.4, 0.5) is 0 Å². The summed E-state index contributed by atoms with van der Waals surface area (Å²) >= 11 is 0. The van der Waals surface area contributed by atoms with Gasteiger partial charge >= 0.3 is 0 Å². The molecule has 1 saturated heterocycles. The maximum atomic E-state index is 11.5. The van der Waals surface area contributed by atoms with Crippen molar-refractivity contribution in [3.05, 3.63) is 0 Å². The topological polar surface area (TPSA) is 69.6 Å². The molecule has 0 spiro atoms. The van der Waals surface area contributed by atoms with Gasteiger partial charge < -0.3 is 10.4 Å². The quantitative estimate of drug-likeness (QED) is 0.786. The predicted molar refractivity (Wildman–Crippen MR) is 77.5 cm³/mol. The highest BCUT2D eigenvalue weighted by molar-refractivity contribution is 7.88. The van der Waals surface area contributed by atoms with Crippen LogP contribution in [0, 0.1) is 5.92 Å². The average Bonchev–Trinajstić information content (AvgIpc) is 2.25. The van der Waals surface area contributed by atoms with Gasteiger partial charge in [-0.25, -0.2) is 12.7 Å². The second-order valence-electron chi connectivity index (χ2n) is 6.65. The Bertz CT molecular complexity index is 376. The number of nitrogens with one attached hydrogen (secondary N) is 1. The van der Waals surface area contributed by atoms with E-state index < -0.39 is 16.1 Å². The minimum absolute atomic E-state index is 0.00760. The van der Waals surface area contributed by atoms with Gasteiger partial charge in [-0.2, -0.15) is 0 Å². The molecule has 1 rings (SSSR count). The van der Waals surface area contributed by atoms with Gasteiger partial charge in [0.15, 0.2) is 0 Å². The molecule has 5 nitrogen and oxygen atoms in total. The van der Waals surface area contributed by atoms with E-state index in [1.54, 1.807) is 0 Å². The van der Waals surface area contributed by atoms with Crippen molar-refractivity contribution in [2.75, 3.05) is 25.9 Å². The fraction of sp³-hybridized carbons (Fsp3) is 1.00. The zero-order chi connectivity index (χ0) is 14.7. The Morgan fingerprint density at radius 1 is 1.42 bits per heavy atom. The van der Waals surface area contributed by atoms with E-state index in [0.717, 1.165) is 12.8 Å². The second kappa shape index (κ2) is 6.52. The van der Waals surface area contributed by atoms with Crippen LogP contribution in [0.25, 0.3) is 0 Å². The third-order valence-corrected chi connectivity index (χ3v) is 4.69. The van der Waals surface area contributed by atoms with Crippen LogP contribution >= 0.6 is 0 Å². The predicted octanol–water partition coefficient (Wildman–Crippen LogP) is 0.797. The normalized spacial score (nSPS) is 24.4. The van der Waals surface area contributed by atoms with E-state index in [1.165, 1.54) is 10.6 Å². The minimum Gasteiger partial charge on any atom is -0.392 e. The minimum atomic E-state index is -3.09. The molecule has 0 aromatic heterocycles. The molecule has 0 aromatic carbocycles. The van der Waals surface area contributed by atoms with Crippen molar-refractivity contribution in [1.29, 1.82) is 0 Å². The third kappa shape index (κ3) is 6.70. The number of aliphatic hydroxyl groups excluding tert-OH is 1. The molecular formula is C13H28N2O3S. The Hall–Kier alpha value is -0.170. The van der Waals surface area contributed by atoms with E-state index in [9.17, 15) is 13.5 Å². The van der Waals surface area contributed by atoms with Gasteiger partial charge in [0.1, 0.15) is 0 Å². The smallest absolute Gasteiger partial charge is 0.211 e. The number of sulfonamides is 1. The van der Waals surface area contributed by atoms with Gasteiger partial charge in [0.2, 0.25) is 10.0 Å². The first-order chi connectivity index (χ1) is 8.58. The average molecular weight is 292 g/mol. The summed E-state index contributed by atoms with van der Waals surface area (Å²) in [4.78, 5) is 0. The number of β-amino-alcohol motifs (C(OH)–C–C–N with tert-alkyl or cyclic N) is 1. The lowest BCUT2D eigenvalue weighted by atomic mass is 9.93. The molecule has 0 aliphatic carbocycles.